The van der Waals surface area contributed by atoms with Crippen LogP contribution in [0, 0.1) is 0 Å². The van der Waals surface area contributed by atoms with Gasteiger partial charge in [-0.25, -0.2) is 18.0 Å². The normalized spacial score (nSPS) is 31.0. The SMILES string of the molecule is O=c1ccn([C@@H]2S[C@H](COP(=O)(O)OP(=O)([O-])OP(=O)([O-])O)[C@@H](O)[C@H]2O)c(=O)[nH]1. The quantitative estimate of drug-likeness (QED) is 0.223. The number of phosphoric acid groups is 3. The summed E-state index contributed by atoms with van der Waals surface area (Å²) < 4.78 is 45.1. The van der Waals surface area contributed by atoms with Crippen LogP contribution in [0.25, 0.3) is 0 Å². The van der Waals surface area contributed by atoms with Crippen molar-refractivity contribution in [3.05, 3.63) is 33.1 Å². The standard InChI is InChI=1S/C9H15N2O14P3S/c12-5-1-2-11(9(15)10-5)8-7(14)6(13)4(29-8)3-23-27(19,20)25-28(21,22)24-26(16,17)18/h1-2,4,6-8,13-14H,3H2,(H,19,20)(H,21,22)(H,10,12,15)(H2,16,17,18)/p-2/t4-,6-,7-,8-/m1/s1. The van der Waals surface area contributed by atoms with Crippen LogP contribution in [0.3, 0.4) is 0 Å². The first kappa shape index (κ1) is 24.6. The number of thioether (sulfide) groups is 1. The van der Waals surface area contributed by atoms with E-state index in [0.717, 1.165) is 16.8 Å². The van der Waals surface area contributed by atoms with Crippen LogP contribution in [0.4, 0.5) is 0 Å². The van der Waals surface area contributed by atoms with Gasteiger partial charge in [0.15, 0.2) is 0 Å². The summed E-state index contributed by atoms with van der Waals surface area (Å²) in [6.45, 7) is -0.903. The summed E-state index contributed by atoms with van der Waals surface area (Å²) in [5, 5.41) is 17.8. The maximum atomic E-state index is 11.8. The molecule has 1 aliphatic rings. The first-order valence-corrected chi connectivity index (χ1v) is 12.6. The van der Waals surface area contributed by atoms with Gasteiger partial charge in [0.1, 0.15) is 11.5 Å². The molecule has 2 rings (SSSR count). The average molecular weight is 498 g/mol. The molecule has 1 saturated heterocycles. The number of aromatic nitrogens is 2. The van der Waals surface area contributed by atoms with Crippen LogP contribution in [0.15, 0.2) is 21.9 Å². The average Bonchev–Trinajstić information content (AvgIpc) is 2.78. The summed E-state index contributed by atoms with van der Waals surface area (Å²) in [6, 6.07) is 0.975. The monoisotopic (exact) mass is 498 g/mol. The second-order valence-electron chi connectivity index (χ2n) is 5.41. The van der Waals surface area contributed by atoms with Gasteiger partial charge in [0.2, 0.25) is 0 Å². The second kappa shape index (κ2) is 8.85. The third-order valence-electron chi connectivity index (χ3n) is 3.27. The minimum absolute atomic E-state index is 0.684. The molecule has 0 aliphatic carbocycles. The smallest absolute Gasteiger partial charge is 0.478 e. The number of hydrogen-bond acceptors (Lipinski definition) is 13. The highest BCUT2D eigenvalue weighted by molar-refractivity contribution is 8.00. The Balaban J connectivity index is 2.06. The zero-order valence-electron chi connectivity index (χ0n) is 13.7. The summed E-state index contributed by atoms with van der Waals surface area (Å²) >= 11 is 0.684. The second-order valence-corrected chi connectivity index (χ2v) is 11.1. The van der Waals surface area contributed by atoms with Crippen LogP contribution in [-0.2, 0) is 26.8 Å². The van der Waals surface area contributed by atoms with E-state index in [1.165, 1.54) is 0 Å². The number of H-pyrrole nitrogens is 1. The Morgan fingerprint density at radius 3 is 2.31 bits per heavy atom. The first-order chi connectivity index (χ1) is 13.1. The molecule has 0 amide bonds. The van der Waals surface area contributed by atoms with Gasteiger partial charge < -0.3 is 29.8 Å². The number of aromatic amines is 1. The summed E-state index contributed by atoms with van der Waals surface area (Å²) in [5.41, 5.74) is -1.62. The van der Waals surface area contributed by atoms with E-state index in [2.05, 4.69) is 13.1 Å². The zero-order valence-corrected chi connectivity index (χ0v) is 17.2. The number of nitrogens with one attached hydrogen (secondary N) is 1. The van der Waals surface area contributed by atoms with Crippen LogP contribution in [0.1, 0.15) is 5.37 Å². The fraction of sp³-hybridized carbons (Fsp3) is 0.556. The number of phosphoric ester groups is 1. The molecule has 1 fully saturated rings. The first-order valence-electron chi connectivity index (χ1n) is 7.18. The molecule has 5 N–H and O–H groups in total. The van der Waals surface area contributed by atoms with E-state index in [9.17, 15) is 48.2 Å². The van der Waals surface area contributed by atoms with Crippen molar-refractivity contribution in [1.29, 1.82) is 0 Å². The van der Waals surface area contributed by atoms with Crippen molar-refractivity contribution in [2.24, 2.45) is 0 Å². The van der Waals surface area contributed by atoms with E-state index in [-0.39, 0.29) is 0 Å². The van der Waals surface area contributed by atoms with Gasteiger partial charge in [0.05, 0.1) is 18.0 Å². The minimum atomic E-state index is -6.01. The van der Waals surface area contributed by atoms with E-state index in [1.807, 2.05) is 4.98 Å². The molecule has 1 aromatic rings. The van der Waals surface area contributed by atoms with Crippen molar-refractivity contribution in [3.63, 3.8) is 0 Å². The lowest BCUT2D eigenvalue weighted by atomic mass is 10.1. The fourth-order valence-corrected chi connectivity index (χ4v) is 6.68. The van der Waals surface area contributed by atoms with Gasteiger partial charge >= 0.3 is 13.5 Å². The summed E-state index contributed by atoms with van der Waals surface area (Å²) in [7, 11) is -17.4. The molecular weight excluding hydrogens is 485 g/mol. The highest BCUT2D eigenvalue weighted by atomic mass is 32.2. The van der Waals surface area contributed by atoms with Gasteiger partial charge in [0.25, 0.3) is 21.2 Å². The Hall–Kier alpha value is -0.640. The third kappa shape index (κ3) is 6.94. The van der Waals surface area contributed by atoms with Crippen LogP contribution >= 0.6 is 35.2 Å². The Labute approximate surface area is 164 Å². The molecule has 0 bridgehead atoms. The van der Waals surface area contributed by atoms with Gasteiger partial charge in [-0.1, -0.05) is 0 Å². The highest BCUT2D eigenvalue weighted by Gasteiger charge is 2.45. The van der Waals surface area contributed by atoms with Crippen LogP contribution in [0.2, 0.25) is 0 Å². The lowest BCUT2D eigenvalue weighted by Crippen LogP contribution is -2.37. The van der Waals surface area contributed by atoms with Gasteiger partial charge in [-0.3, -0.25) is 28.0 Å². The van der Waals surface area contributed by atoms with E-state index in [0.29, 0.717) is 11.8 Å². The summed E-state index contributed by atoms with van der Waals surface area (Å²) in [5.74, 6) is 0. The topological polar surface area (TPSA) is 261 Å². The Bertz CT molecular complexity index is 1000. The van der Waals surface area contributed by atoms with E-state index < -0.39 is 64.2 Å². The van der Waals surface area contributed by atoms with Crippen molar-refractivity contribution in [3.8, 4) is 0 Å². The summed E-state index contributed by atoms with van der Waals surface area (Å²) in [4.78, 5) is 64.0. The van der Waals surface area contributed by atoms with Crippen molar-refractivity contribution >= 4 is 35.2 Å². The molecule has 1 aliphatic heterocycles. The predicted molar refractivity (Wildman–Crippen MR) is 89.1 cm³/mol. The van der Waals surface area contributed by atoms with Crippen LogP contribution < -0.4 is 21.0 Å². The molecule has 29 heavy (non-hydrogen) atoms. The zero-order chi connectivity index (χ0) is 22.2. The number of hydrogen-bond donors (Lipinski definition) is 5. The van der Waals surface area contributed by atoms with Crippen LogP contribution in [-0.4, -0.2) is 53.6 Å². The van der Waals surface area contributed by atoms with Gasteiger partial charge in [-0.2, -0.15) is 0 Å². The molecule has 166 valence electrons. The number of aliphatic hydroxyl groups excluding tert-OH is 2. The Morgan fingerprint density at radius 1 is 1.14 bits per heavy atom. The van der Waals surface area contributed by atoms with E-state index >= 15 is 0 Å². The van der Waals surface area contributed by atoms with Gasteiger partial charge in [-0.05, 0) is 0 Å². The molecule has 3 unspecified atom stereocenters. The van der Waals surface area contributed by atoms with Crippen molar-refractivity contribution in [2.45, 2.75) is 22.8 Å². The lowest BCUT2D eigenvalue weighted by molar-refractivity contribution is -0.236. The molecule has 0 aromatic carbocycles. The Kier molecular flexibility index (Phi) is 7.51. The molecule has 16 nitrogen and oxygen atoms in total. The van der Waals surface area contributed by atoms with E-state index in [4.69, 9.17) is 4.89 Å². The molecule has 7 atom stereocenters. The van der Waals surface area contributed by atoms with E-state index in [1.54, 1.807) is 0 Å². The van der Waals surface area contributed by atoms with Crippen molar-refractivity contribution in [2.75, 3.05) is 6.61 Å². The van der Waals surface area contributed by atoms with Crippen molar-refractivity contribution < 1.29 is 56.6 Å². The maximum absolute atomic E-state index is 11.8. The third-order valence-corrected chi connectivity index (χ3v) is 8.55. The minimum Gasteiger partial charge on any atom is -0.756 e. The van der Waals surface area contributed by atoms with Gasteiger partial charge in [-0.15, -0.1) is 11.8 Å². The van der Waals surface area contributed by atoms with Crippen molar-refractivity contribution in [1.82, 2.24) is 9.55 Å². The molecule has 20 heteroatoms. The highest BCUT2D eigenvalue weighted by Crippen LogP contribution is 2.63. The molecule has 0 radical (unpaired) electrons. The lowest BCUT2D eigenvalue weighted by Gasteiger charge is -2.28. The molecular formula is C9H13N2O14P3S-2. The van der Waals surface area contributed by atoms with Crippen LogP contribution in [0.5, 0.6) is 0 Å². The Morgan fingerprint density at radius 2 is 1.76 bits per heavy atom. The fourth-order valence-electron chi connectivity index (χ4n) is 2.18. The van der Waals surface area contributed by atoms with Gasteiger partial charge in [0, 0.05) is 12.3 Å². The summed E-state index contributed by atoms with van der Waals surface area (Å²) in [6.07, 6.45) is -2.18. The predicted octanol–water partition coefficient (Wildman–Crippen LogP) is -3.05. The molecule has 1 aromatic heterocycles. The number of aliphatic hydroxyl groups is 2. The molecule has 2 heterocycles. The maximum Gasteiger partial charge on any atom is 0.478 e. The number of nitrogens with zero attached hydrogens (tertiary/aromatic N) is 1. The number of rotatable bonds is 8. The molecule has 0 spiro atoms. The largest absolute Gasteiger partial charge is 0.756 e. The molecule has 0 saturated carbocycles.